The maximum atomic E-state index is 11.0. The highest BCUT2D eigenvalue weighted by Crippen LogP contribution is 2.08. The Bertz CT molecular complexity index is 480. The minimum absolute atomic E-state index is 0.0889. The molecule has 1 amide bonds. The van der Waals surface area contributed by atoms with Crippen molar-refractivity contribution in [2.45, 2.75) is 0 Å². The zero-order valence-electron chi connectivity index (χ0n) is 8.70. The number of aliphatic carboxylic acids is 1. The van der Waals surface area contributed by atoms with Gasteiger partial charge in [-0.1, -0.05) is 12.1 Å². The molecule has 0 fully saturated rings. The normalized spacial score (nSPS) is 10.8. The smallest absolute Gasteiger partial charge is 0.328 e. The Morgan fingerprint density at radius 3 is 2.71 bits per heavy atom. The third kappa shape index (κ3) is 5.12. The number of phenolic OH excluding ortho intramolecular Hbond substituents is 1. The number of hydrogen-bond donors (Lipinski definition) is 3. The Hall–Kier alpha value is -2.63. The summed E-state index contributed by atoms with van der Waals surface area (Å²) in [5, 5.41) is 21.0. The summed E-state index contributed by atoms with van der Waals surface area (Å²) in [6.07, 6.45) is 2.88. The van der Waals surface area contributed by atoms with E-state index < -0.39 is 11.9 Å². The van der Waals surface area contributed by atoms with Crippen LogP contribution < -0.4 is 5.43 Å². The molecule has 0 aromatic heterocycles. The van der Waals surface area contributed by atoms with Gasteiger partial charge in [-0.2, -0.15) is 5.10 Å². The second-order valence-corrected chi connectivity index (χ2v) is 3.00. The largest absolute Gasteiger partial charge is 0.508 e. The lowest BCUT2D eigenvalue weighted by Gasteiger charge is -1.95. The molecule has 88 valence electrons. The first kappa shape index (κ1) is 12.4. The van der Waals surface area contributed by atoms with Crippen molar-refractivity contribution >= 4 is 18.1 Å². The summed E-state index contributed by atoms with van der Waals surface area (Å²) >= 11 is 0. The third-order valence-corrected chi connectivity index (χ3v) is 1.64. The fraction of sp³-hybridized carbons (Fsp3) is 0. The maximum Gasteiger partial charge on any atom is 0.328 e. The molecule has 17 heavy (non-hydrogen) atoms. The molecule has 3 N–H and O–H groups in total. The predicted octanol–water partition coefficient (Wildman–Crippen LogP) is 0.483. The molecule has 0 saturated heterocycles. The number of hydrogen-bond acceptors (Lipinski definition) is 4. The number of carboxylic acids is 1. The van der Waals surface area contributed by atoms with E-state index in [1.807, 2.05) is 0 Å². The lowest BCUT2D eigenvalue weighted by atomic mass is 10.2. The number of carbonyl (C=O) groups excluding carboxylic acids is 1. The SMILES string of the molecule is O=C(O)/C=C/C(=O)N/N=C\c1cccc(O)c1. The molecule has 1 aromatic rings. The fourth-order valence-electron chi connectivity index (χ4n) is 0.960. The summed E-state index contributed by atoms with van der Waals surface area (Å²) < 4.78 is 0. The van der Waals surface area contributed by atoms with E-state index in [4.69, 9.17) is 10.2 Å². The van der Waals surface area contributed by atoms with Crippen molar-refractivity contribution in [3.05, 3.63) is 42.0 Å². The van der Waals surface area contributed by atoms with Crippen molar-refractivity contribution in [3.63, 3.8) is 0 Å². The number of benzene rings is 1. The van der Waals surface area contributed by atoms with E-state index in [1.54, 1.807) is 12.1 Å². The van der Waals surface area contributed by atoms with E-state index in [9.17, 15) is 9.59 Å². The van der Waals surface area contributed by atoms with Crippen LogP contribution in [0.4, 0.5) is 0 Å². The number of phenols is 1. The number of nitrogens with one attached hydrogen (secondary N) is 1. The summed E-state index contributed by atoms with van der Waals surface area (Å²) in [6, 6.07) is 6.28. The molecule has 0 unspecified atom stereocenters. The molecule has 0 aliphatic rings. The minimum Gasteiger partial charge on any atom is -0.508 e. The Labute approximate surface area is 96.9 Å². The van der Waals surface area contributed by atoms with Crippen LogP contribution in [0.2, 0.25) is 0 Å². The van der Waals surface area contributed by atoms with Gasteiger partial charge in [-0.05, 0) is 17.7 Å². The number of nitrogens with zero attached hydrogens (tertiary/aromatic N) is 1. The van der Waals surface area contributed by atoms with Crippen LogP contribution in [0.25, 0.3) is 0 Å². The van der Waals surface area contributed by atoms with Gasteiger partial charge in [0.25, 0.3) is 5.91 Å². The molecule has 0 aliphatic heterocycles. The van der Waals surface area contributed by atoms with Gasteiger partial charge >= 0.3 is 5.97 Å². The second kappa shape index (κ2) is 6.06. The summed E-state index contributed by atoms with van der Waals surface area (Å²) in [5.41, 5.74) is 2.71. The van der Waals surface area contributed by atoms with E-state index >= 15 is 0 Å². The van der Waals surface area contributed by atoms with E-state index in [0.29, 0.717) is 11.6 Å². The lowest BCUT2D eigenvalue weighted by molar-refractivity contribution is -0.131. The van der Waals surface area contributed by atoms with Crippen LogP contribution in [0.5, 0.6) is 5.75 Å². The van der Waals surface area contributed by atoms with Gasteiger partial charge in [-0.15, -0.1) is 0 Å². The molecule has 0 aliphatic carbocycles. The van der Waals surface area contributed by atoms with E-state index in [-0.39, 0.29) is 5.75 Å². The summed E-state index contributed by atoms with van der Waals surface area (Å²) in [6.45, 7) is 0. The van der Waals surface area contributed by atoms with Gasteiger partial charge in [0, 0.05) is 12.2 Å². The monoisotopic (exact) mass is 234 g/mol. The van der Waals surface area contributed by atoms with Gasteiger partial charge < -0.3 is 10.2 Å². The molecule has 0 radical (unpaired) electrons. The molecular formula is C11H10N2O4. The molecular weight excluding hydrogens is 224 g/mol. The Morgan fingerprint density at radius 2 is 2.06 bits per heavy atom. The topological polar surface area (TPSA) is 99.0 Å². The van der Waals surface area contributed by atoms with Crippen molar-refractivity contribution < 1.29 is 19.8 Å². The molecule has 6 heteroatoms. The van der Waals surface area contributed by atoms with Crippen LogP contribution in [0.1, 0.15) is 5.56 Å². The number of aromatic hydroxyl groups is 1. The van der Waals surface area contributed by atoms with Crippen LogP contribution in [0.3, 0.4) is 0 Å². The Morgan fingerprint density at radius 1 is 1.29 bits per heavy atom. The quantitative estimate of drug-likeness (QED) is 0.401. The van der Waals surface area contributed by atoms with Crippen LogP contribution in [0.15, 0.2) is 41.5 Å². The Balaban J connectivity index is 2.51. The minimum atomic E-state index is -1.21. The summed E-state index contributed by atoms with van der Waals surface area (Å²) in [5.74, 6) is -1.77. The van der Waals surface area contributed by atoms with Crippen LogP contribution in [-0.4, -0.2) is 28.3 Å². The van der Waals surface area contributed by atoms with Crippen molar-refractivity contribution in [2.24, 2.45) is 5.10 Å². The van der Waals surface area contributed by atoms with Gasteiger partial charge in [0.2, 0.25) is 0 Å². The predicted molar refractivity (Wildman–Crippen MR) is 60.6 cm³/mol. The molecule has 0 heterocycles. The average molecular weight is 234 g/mol. The number of carboxylic acid groups (broad SMARTS) is 1. The fourth-order valence-corrected chi connectivity index (χ4v) is 0.960. The first-order chi connectivity index (χ1) is 8.08. The molecule has 0 saturated carbocycles. The molecule has 1 aromatic carbocycles. The van der Waals surface area contributed by atoms with Crippen molar-refractivity contribution in [3.8, 4) is 5.75 Å². The van der Waals surface area contributed by atoms with Crippen LogP contribution >= 0.6 is 0 Å². The van der Waals surface area contributed by atoms with Gasteiger partial charge in [-0.3, -0.25) is 4.79 Å². The highest BCUT2D eigenvalue weighted by molar-refractivity contribution is 5.94. The Kier molecular flexibility index (Phi) is 4.44. The molecule has 0 bridgehead atoms. The summed E-state index contributed by atoms with van der Waals surface area (Å²) in [7, 11) is 0. The van der Waals surface area contributed by atoms with E-state index in [1.165, 1.54) is 18.3 Å². The maximum absolute atomic E-state index is 11.0. The molecule has 0 spiro atoms. The average Bonchev–Trinajstić information content (AvgIpc) is 2.26. The first-order valence-corrected chi connectivity index (χ1v) is 4.61. The second-order valence-electron chi connectivity index (χ2n) is 3.00. The van der Waals surface area contributed by atoms with Gasteiger partial charge in [0.1, 0.15) is 5.75 Å². The number of carbonyl (C=O) groups is 2. The summed E-state index contributed by atoms with van der Waals surface area (Å²) in [4.78, 5) is 21.1. The van der Waals surface area contributed by atoms with Crippen LogP contribution in [-0.2, 0) is 9.59 Å². The molecule has 6 nitrogen and oxygen atoms in total. The number of hydrazone groups is 1. The number of amides is 1. The van der Waals surface area contributed by atoms with Crippen LogP contribution in [0, 0.1) is 0 Å². The van der Waals surface area contributed by atoms with Gasteiger partial charge in [0.15, 0.2) is 0 Å². The van der Waals surface area contributed by atoms with E-state index in [2.05, 4.69) is 10.5 Å². The first-order valence-electron chi connectivity index (χ1n) is 4.61. The van der Waals surface area contributed by atoms with Crippen molar-refractivity contribution in [2.75, 3.05) is 0 Å². The molecule has 0 atom stereocenters. The zero-order chi connectivity index (χ0) is 12.7. The number of rotatable bonds is 4. The lowest BCUT2D eigenvalue weighted by Crippen LogP contribution is -2.14. The van der Waals surface area contributed by atoms with Crippen molar-refractivity contribution in [1.29, 1.82) is 0 Å². The van der Waals surface area contributed by atoms with E-state index in [0.717, 1.165) is 6.08 Å². The standard InChI is InChI=1S/C11H10N2O4/c14-9-3-1-2-8(6-9)7-12-13-10(15)4-5-11(16)17/h1-7,14H,(H,13,15)(H,16,17)/b5-4+,12-7-. The van der Waals surface area contributed by atoms with Crippen molar-refractivity contribution in [1.82, 2.24) is 5.43 Å². The highest BCUT2D eigenvalue weighted by atomic mass is 16.4. The third-order valence-electron chi connectivity index (χ3n) is 1.64. The van der Waals surface area contributed by atoms with Gasteiger partial charge in [-0.25, -0.2) is 10.2 Å². The molecule has 1 rings (SSSR count). The zero-order valence-corrected chi connectivity index (χ0v) is 8.70. The van der Waals surface area contributed by atoms with Gasteiger partial charge in [0.05, 0.1) is 6.21 Å². The highest BCUT2D eigenvalue weighted by Gasteiger charge is 1.94.